The monoisotopic (exact) mass is 277 g/mol. The van der Waals surface area contributed by atoms with Crippen LogP contribution in [0.2, 0.25) is 0 Å². The van der Waals surface area contributed by atoms with Crippen LogP contribution in [0.25, 0.3) is 0 Å². The summed E-state index contributed by atoms with van der Waals surface area (Å²) < 4.78 is 0. The highest BCUT2D eigenvalue weighted by atomic mass is 16.2. The molecule has 5 nitrogen and oxygen atoms in total. The molecule has 0 unspecified atom stereocenters. The van der Waals surface area contributed by atoms with Crippen molar-refractivity contribution in [2.24, 2.45) is 5.73 Å². The maximum atomic E-state index is 12.3. The third-order valence-electron chi connectivity index (χ3n) is 3.21. The van der Waals surface area contributed by atoms with Gasteiger partial charge < -0.3 is 16.0 Å². The number of primary amides is 1. The van der Waals surface area contributed by atoms with Crippen molar-refractivity contribution in [3.8, 4) is 0 Å². The molecule has 0 saturated heterocycles. The number of amides is 2. The Bertz CT molecular complexity index is 434. The molecule has 0 heterocycles. The highest BCUT2D eigenvalue weighted by Crippen LogP contribution is 2.20. The van der Waals surface area contributed by atoms with E-state index < -0.39 is 5.91 Å². The van der Waals surface area contributed by atoms with Gasteiger partial charge in [-0.25, -0.2) is 0 Å². The van der Waals surface area contributed by atoms with E-state index >= 15 is 0 Å². The van der Waals surface area contributed by atoms with Crippen molar-refractivity contribution in [1.29, 1.82) is 0 Å². The van der Waals surface area contributed by atoms with Gasteiger partial charge in [-0.1, -0.05) is 30.3 Å². The van der Waals surface area contributed by atoms with Gasteiger partial charge in [0.05, 0.1) is 12.6 Å². The van der Waals surface area contributed by atoms with Crippen LogP contribution >= 0.6 is 0 Å². The molecular formula is C15H23N3O2. The Morgan fingerprint density at radius 3 is 2.50 bits per heavy atom. The molecule has 0 spiro atoms. The summed E-state index contributed by atoms with van der Waals surface area (Å²) >= 11 is 0. The Kier molecular flexibility index (Phi) is 6.73. The summed E-state index contributed by atoms with van der Waals surface area (Å²) in [5.74, 6) is -0.537. The van der Waals surface area contributed by atoms with Crippen LogP contribution in [0.3, 0.4) is 0 Å². The second kappa shape index (κ2) is 8.32. The third-order valence-corrected chi connectivity index (χ3v) is 3.21. The van der Waals surface area contributed by atoms with Crippen LogP contribution in [0, 0.1) is 0 Å². The molecule has 0 aliphatic rings. The molecule has 1 rings (SSSR count). The van der Waals surface area contributed by atoms with Gasteiger partial charge in [-0.2, -0.15) is 0 Å². The molecule has 0 radical (unpaired) electrons. The second-order valence-electron chi connectivity index (χ2n) is 4.78. The quantitative estimate of drug-likeness (QED) is 0.698. The normalized spacial score (nSPS) is 11.9. The van der Waals surface area contributed by atoms with E-state index in [1.54, 1.807) is 4.90 Å². The van der Waals surface area contributed by atoms with E-state index in [-0.39, 0.29) is 18.5 Å². The fourth-order valence-electron chi connectivity index (χ4n) is 2.08. The van der Waals surface area contributed by atoms with Crippen LogP contribution in [-0.2, 0) is 9.59 Å². The molecule has 0 aliphatic heterocycles. The lowest BCUT2D eigenvalue weighted by Crippen LogP contribution is -2.40. The average Bonchev–Trinajstić information content (AvgIpc) is 2.45. The number of nitrogens with two attached hydrogens (primary N) is 1. The number of nitrogens with zero attached hydrogens (tertiary/aromatic N) is 1. The predicted octanol–water partition coefficient (Wildman–Crippen LogP) is 1.06. The SMILES string of the molecule is CNCCCC(=O)N(CC(N)=O)[C@H](C)c1ccccc1. The van der Waals surface area contributed by atoms with Crippen LogP contribution in [0.5, 0.6) is 0 Å². The molecule has 1 aromatic carbocycles. The van der Waals surface area contributed by atoms with Crippen molar-refractivity contribution in [3.63, 3.8) is 0 Å². The first-order valence-corrected chi connectivity index (χ1v) is 6.83. The van der Waals surface area contributed by atoms with Gasteiger partial charge in [-0.15, -0.1) is 0 Å². The maximum absolute atomic E-state index is 12.3. The summed E-state index contributed by atoms with van der Waals surface area (Å²) in [6.07, 6.45) is 1.15. The van der Waals surface area contributed by atoms with Crippen molar-refractivity contribution in [2.45, 2.75) is 25.8 Å². The van der Waals surface area contributed by atoms with E-state index in [1.807, 2.05) is 44.3 Å². The summed E-state index contributed by atoms with van der Waals surface area (Å²) in [4.78, 5) is 25.0. The Morgan fingerprint density at radius 2 is 1.95 bits per heavy atom. The number of hydrogen-bond donors (Lipinski definition) is 2. The molecule has 1 atom stereocenters. The van der Waals surface area contributed by atoms with Crippen molar-refractivity contribution in [1.82, 2.24) is 10.2 Å². The number of benzene rings is 1. The highest BCUT2D eigenvalue weighted by molar-refractivity contribution is 5.84. The third kappa shape index (κ3) is 5.01. The van der Waals surface area contributed by atoms with Crippen LogP contribution in [0.1, 0.15) is 31.4 Å². The lowest BCUT2D eigenvalue weighted by atomic mass is 10.1. The maximum Gasteiger partial charge on any atom is 0.237 e. The molecule has 0 aromatic heterocycles. The van der Waals surface area contributed by atoms with Gasteiger partial charge in [0.25, 0.3) is 0 Å². The molecule has 3 N–H and O–H groups in total. The van der Waals surface area contributed by atoms with Gasteiger partial charge in [0.15, 0.2) is 0 Å². The van der Waals surface area contributed by atoms with Gasteiger partial charge in [0.2, 0.25) is 11.8 Å². The zero-order valence-electron chi connectivity index (χ0n) is 12.1. The highest BCUT2D eigenvalue weighted by Gasteiger charge is 2.22. The van der Waals surface area contributed by atoms with Crippen LogP contribution < -0.4 is 11.1 Å². The molecule has 2 amide bonds. The Hall–Kier alpha value is -1.88. The van der Waals surface area contributed by atoms with Gasteiger partial charge in [0, 0.05) is 6.42 Å². The van der Waals surface area contributed by atoms with Crippen molar-refractivity contribution < 1.29 is 9.59 Å². The van der Waals surface area contributed by atoms with Crippen LogP contribution in [0.4, 0.5) is 0 Å². The van der Waals surface area contributed by atoms with E-state index in [1.165, 1.54) is 0 Å². The van der Waals surface area contributed by atoms with Gasteiger partial charge in [0.1, 0.15) is 0 Å². The van der Waals surface area contributed by atoms with Crippen molar-refractivity contribution in [2.75, 3.05) is 20.1 Å². The number of hydrogen-bond acceptors (Lipinski definition) is 3. The van der Waals surface area contributed by atoms with E-state index in [2.05, 4.69) is 5.32 Å². The molecule has 1 aromatic rings. The van der Waals surface area contributed by atoms with Gasteiger partial charge in [-0.3, -0.25) is 9.59 Å². The average molecular weight is 277 g/mol. The standard InChI is InChI=1S/C15H23N3O2/c1-12(13-7-4-3-5-8-13)18(11-14(16)19)15(20)9-6-10-17-2/h3-5,7-8,12,17H,6,9-11H2,1-2H3,(H2,16,19)/t12-/m1/s1. The molecule has 5 heteroatoms. The lowest BCUT2D eigenvalue weighted by Gasteiger charge is -2.28. The topological polar surface area (TPSA) is 75.4 Å². The van der Waals surface area contributed by atoms with Crippen molar-refractivity contribution in [3.05, 3.63) is 35.9 Å². The zero-order chi connectivity index (χ0) is 15.0. The molecule has 20 heavy (non-hydrogen) atoms. The van der Waals surface area contributed by atoms with Crippen molar-refractivity contribution >= 4 is 11.8 Å². The summed E-state index contributed by atoms with van der Waals surface area (Å²) in [5.41, 5.74) is 6.25. The summed E-state index contributed by atoms with van der Waals surface area (Å²) in [7, 11) is 1.85. The molecule has 0 aliphatic carbocycles. The zero-order valence-corrected chi connectivity index (χ0v) is 12.1. The number of nitrogens with one attached hydrogen (secondary N) is 1. The lowest BCUT2D eigenvalue weighted by molar-refractivity contribution is -0.137. The summed E-state index contributed by atoms with van der Waals surface area (Å²) in [6.45, 7) is 2.64. The Balaban J connectivity index is 2.77. The van der Waals surface area contributed by atoms with E-state index in [9.17, 15) is 9.59 Å². The van der Waals surface area contributed by atoms with Crippen LogP contribution in [-0.4, -0.2) is 36.9 Å². The minimum absolute atomic E-state index is 0.0459. The van der Waals surface area contributed by atoms with E-state index in [4.69, 9.17) is 5.73 Å². The molecular weight excluding hydrogens is 254 g/mol. The minimum Gasteiger partial charge on any atom is -0.368 e. The largest absolute Gasteiger partial charge is 0.368 e. The smallest absolute Gasteiger partial charge is 0.237 e. The molecule has 0 saturated carbocycles. The van der Waals surface area contributed by atoms with E-state index in [0.717, 1.165) is 18.5 Å². The molecule has 110 valence electrons. The first-order chi connectivity index (χ1) is 9.56. The second-order valence-corrected chi connectivity index (χ2v) is 4.78. The number of carbonyl (C=O) groups is 2. The fourth-order valence-corrected chi connectivity index (χ4v) is 2.08. The van der Waals surface area contributed by atoms with Crippen LogP contribution in [0.15, 0.2) is 30.3 Å². The minimum atomic E-state index is -0.491. The molecule has 0 fully saturated rings. The van der Waals surface area contributed by atoms with Gasteiger partial charge >= 0.3 is 0 Å². The van der Waals surface area contributed by atoms with Gasteiger partial charge in [-0.05, 0) is 32.5 Å². The Labute approximate surface area is 120 Å². The first-order valence-electron chi connectivity index (χ1n) is 6.83. The van der Waals surface area contributed by atoms with E-state index in [0.29, 0.717) is 6.42 Å². The molecule has 0 bridgehead atoms. The summed E-state index contributed by atoms with van der Waals surface area (Å²) in [6, 6.07) is 9.48. The fraction of sp³-hybridized carbons (Fsp3) is 0.467. The number of rotatable bonds is 8. The Morgan fingerprint density at radius 1 is 1.30 bits per heavy atom. The number of carbonyl (C=O) groups excluding carboxylic acids is 2. The summed E-state index contributed by atoms with van der Waals surface area (Å²) in [5, 5.41) is 3.00. The first kappa shape index (κ1) is 16.2. The predicted molar refractivity (Wildman–Crippen MR) is 78.9 cm³/mol.